The highest BCUT2D eigenvalue weighted by Gasteiger charge is 2.11. The van der Waals surface area contributed by atoms with Crippen LogP contribution in [0.1, 0.15) is 22.9 Å². The standard InChI is InChI=1S/C14H15BrN2/c1-10-6-7-12(9-17-10)14(16-2)11-4-3-5-13(15)8-11/h3-9,14,16H,1-2H3. The number of benzene rings is 1. The van der Waals surface area contributed by atoms with E-state index >= 15 is 0 Å². The lowest BCUT2D eigenvalue weighted by Crippen LogP contribution is -2.17. The van der Waals surface area contributed by atoms with E-state index in [1.807, 2.05) is 38.4 Å². The zero-order chi connectivity index (χ0) is 12.3. The van der Waals surface area contributed by atoms with Crippen LogP contribution in [0.4, 0.5) is 0 Å². The van der Waals surface area contributed by atoms with Gasteiger partial charge >= 0.3 is 0 Å². The van der Waals surface area contributed by atoms with Gasteiger partial charge in [-0.1, -0.05) is 34.1 Å². The van der Waals surface area contributed by atoms with E-state index in [2.05, 4.69) is 44.4 Å². The van der Waals surface area contributed by atoms with Gasteiger partial charge < -0.3 is 5.32 Å². The van der Waals surface area contributed by atoms with Crippen LogP contribution >= 0.6 is 15.9 Å². The number of halogens is 1. The summed E-state index contributed by atoms with van der Waals surface area (Å²) >= 11 is 3.50. The number of pyridine rings is 1. The van der Waals surface area contributed by atoms with Crippen molar-refractivity contribution in [1.29, 1.82) is 0 Å². The summed E-state index contributed by atoms with van der Waals surface area (Å²) in [6.07, 6.45) is 1.93. The van der Waals surface area contributed by atoms with E-state index in [0.29, 0.717) is 0 Å². The van der Waals surface area contributed by atoms with Crippen LogP contribution in [-0.2, 0) is 0 Å². The molecule has 0 aliphatic heterocycles. The van der Waals surface area contributed by atoms with Gasteiger partial charge in [-0.05, 0) is 43.3 Å². The Kier molecular flexibility index (Phi) is 3.92. The Bertz CT molecular complexity index is 494. The third-order valence-corrected chi connectivity index (χ3v) is 3.23. The Morgan fingerprint density at radius 1 is 1.18 bits per heavy atom. The van der Waals surface area contributed by atoms with Crippen LogP contribution in [0.15, 0.2) is 47.1 Å². The van der Waals surface area contributed by atoms with E-state index < -0.39 is 0 Å². The van der Waals surface area contributed by atoms with E-state index in [4.69, 9.17) is 0 Å². The van der Waals surface area contributed by atoms with E-state index in [-0.39, 0.29) is 6.04 Å². The second-order valence-electron chi connectivity index (χ2n) is 4.01. The average molecular weight is 291 g/mol. The Morgan fingerprint density at radius 2 is 2.00 bits per heavy atom. The zero-order valence-electron chi connectivity index (χ0n) is 9.94. The first-order chi connectivity index (χ1) is 8.20. The third kappa shape index (κ3) is 2.93. The second kappa shape index (κ2) is 5.43. The van der Waals surface area contributed by atoms with Gasteiger partial charge in [-0.25, -0.2) is 0 Å². The molecule has 88 valence electrons. The average Bonchev–Trinajstić information content (AvgIpc) is 2.33. The fourth-order valence-corrected chi connectivity index (χ4v) is 2.28. The molecule has 0 aliphatic rings. The summed E-state index contributed by atoms with van der Waals surface area (Å²) in [5.74, 6) is 0. The first kappa shape index (κ1) is 12.3. The monoisotopic (exact) mass is 290 g/mol. The number of aromatic nitrogens is 1. The molecule has 2 rings (SSSR count). The molecule has 17 heavy (non-hydrogen) atoms. The van der Waals surface area contributed by atoms with E-state index in [9.17, 15) is 0 Å². The van der Waals surface area contributed by atoms with Crippen molar-refractivity contribution in [1.82, 2.24) is 10.3 Å². The van der Waals surface area contributed by atoms with Crippen molar-refractivity contribution in [2.45, 2.75) is 13.0 Å². The summed E-state index contributed by atoms with van der Waals surface area (Å²) in [4.78, 5) is 4.34. The van der Waals surface area contributed by atoms with Crippen molar-refractivity contribution in [3.63, 3.8) is 0 Å². The summed E-state index contributed by atoms with van der Waals surface area (Å²) in [5.41, 5.74) is 3.45. The van der Waals surface area contributed by atoms with Gasteiger partial charge in [-0.15, -0.1) is 0 Å². The van der Waals surface area contributed by atoms with Crippen molar-refractivity contribution >= 4 is 15.9 Å². The molecule has 0 saturated carbocycles. The minimum atomic E-state index is 0.181. The van der Waals surface area contributed by atoms with Gasteiger partial charge in [0, 0.05) is 16.4 Å². The Hall–Kier alpha value is -1.19. The predicted molar refractivity (Wildman–Crippen MR) is 74.0 cm³/mol. The molecule has 0 fully saturated rings. The molecular formula is C14H15BrN2. The maximum atomic E-state index is 4.34. The lowest BCUT2D eigenvalue weighted by molar-refractivity contribution is 0.688. The summed E-state index contributed by atoms with van der Waals surface area (Å²) < 4.78 is 1.09. The molecule has 0 bridgehead atoms. The van der Waals surface area contributed by atoms with Crippen LogP contribution < -0.4 is 5.32 Å². The van der Waals surface area contributed by atoms with Crippen molar-refractivity contribution in [3.8, 4) is 0 Å². The van der Waals surface area contributed by atoms with Gasteiger partial charge in [0.25, 0.3) is 0 Å². The number of nitrogens with one attached hydrogen (secondary N) is 1. The zero-order valence-corrected chi connectivity index (χ0v) is 11.5. The normalized spacial score (nSPS) is 12.4. The summed E-state index contributed by atoms with van der Waals surface area (Å²) in [6, 6.07) is 12.7. The molecule has 1 heterocycles. The van der Waals surface area contributed by atoms with Gasteiger partial charge in [-0.3, -0.25) is 4.98 Å². The lowest BCUT2D eigenvalue weighted by atomic mass is 10.0. The molecule has 0 aliphatic carbocycles. The second-order valence-corrected chi connectivity index (χ2v) is 4.93. The van der Waals surface area contributed by atoms with Gasteiger partial charge in [0.05, 0.1) is 6.04 Å². The summed E-state index contributed by atoms with van der Waals surface area (Å²) in [5, 5.41) is 3.32. The smallest absolute Gasteiger partial charge is 0.0589 e. The predicted octanol–water partition coefficient (Wildman–Crippen LogP) is 3.46. The quantitative estimate of drug-likeness (QED) is 0.936. The maximum absolute atomic E-state index is 4.34. The van der Waals surface area contributed by atoms with Crippen LogP contribution in [0.2, 0.25) is 0 Å². The number of rotatable bonds is 3. The molecule has 3 heteroatoms. The minimum absolute atomic E-state index is 0.181. The Morgan fingerprint density at radius 3 is 2.59 bits per heavy atom. The topological polar surface area (TPSA) is 24.9 Å². The molecule has 1 aromatic heterocycles. The van der Waals surface area contributed by atoms with Crippen LogP contribution in [0.3, 0.4) is 0 Å². The largest absolute Gasteiger partial charge is 0.309 e. The molecule has 0 radical (unpaired) electrons. The summed E-state index contributed by atoms with van der Waals surface area (Å²) in [6.45, 7) is 2.00. The van der Waals surface area contributed by atoms with Gasteiger partial charge in [0.1, 0.15) is 0 Å². The Balaban J connectivity index is 2.36. The fraction of sp³-hybridized carbons (Fsp3) is 0.214. The third-order valence-electron chi connectivity index (χ3n) is 2.74. The lowest BCUT2D eigenvalue weighted by Gasteiger charge is -2.17. The molecule has 0 amide bonds. The van der Waals surface area contributed by atoms with Crippen molar-refractivity contribution in [3.05, 3.63) is 63.9 Å². The molecule has 2 nitrogen and oxygen atoms in total. The van der Waals surface area contributed by atoms with Crippen LogP contribution in [0, 0.1) is 6.92 Å². The molecule has 0 spiro atoms. The highest BCUT2D eigenvalue weighted by molar-refractivity contribution is 9.10. The van der Waals surface area contributed by atoms with Crippen LogP contribution in [0.25, 0.3) is 0 Å². The number of aryl methyl sites for hydroxylation is 1. The molecule has 1 N–H and O–H groups in total. The molecule has 1 aromatic carbocycles. The van der Waals surface area contributed by atoms with Crippen molar-refractivity contribution in [2.75, 3.05) is 7.05 Å². The molecule has 1 unspecified atom stereocenters. The number of hydrogen-bond acceptors (Lipinski definition) is 2. The Labute approximate surface area is 110 Å². The molecular weight excluding hydrogens is 276 g/mol. The van der Waals surface area contributed by atoms with Crippen molar-refractivity contribution in [2.24, 2.45) is 0 Å². The number of nitrogens with zero attached hydrogens (tertiary/aromatic N) is 1. The first-order valence-corrected chi connectivity index (χ1v) is 6.35. The van der Waals surface area contributed by atoms with Gasteiger partial charge in [0.15, 0.2) is 0 Å². The SMILES string of the molecule is CNC(c1ccc(C)nc1)c1cccc(Br)c1. The van der Waals surface area contributed by atoms with Crippen LogP contribution in [0.5, 0.6) is 0 Å². The van der Waals surface area contributed by atoms with E-state index in [1.165, 1.54) is 11.1 Å². The fourth-order valence-electron chi connectivity index (χ4n) is 1.86. The first-order valence-electron chi connectivity index (χ1n) is 5.56. The highest BCUT2D eigenvalue weighted by atomic mass is 79.9. The number of hydrogen-bond donors (Lipinski definition) is 1. The van der Waals surface area contributed by atoms with Crippen LogP contribution in [-0.4, -0.2) is 12.0 Å². The minimum Gasteiger partial charge on any atom is -0.309 e. The van der Waals surface area contributed by atoms with Gasteiger partial charge in [-0.2, -0.15) is 0 Å². The van der Waals surface area contributed by atoms with Gasteiger partial charge in [0.2, 0.25) is 0 Å². The highest BCUT2D eigenvalue weighted by Crippen LogP contribution is 2.23. The molecule has 2 aromatic rings. The van der Waals surface area contributed by atoms with E-state index in [1.54, 1.807) is 0 Å². The molecule has 1 atom stereocenters. The molecule has 0 saturated heterocycles. The van der Waals surface area contributed by atoms with Crippen molar-refractivity contribution < 1.29 is 0 Å². The maximum Gasteiger partial charge on any atom is 0.0589 e. The van der Waals surface area contributed by atoms with E-state index in [0.717, 1.165) is 10.2 Å². The summed E-state index contributed by atoms with van der Waals surface area (Å²) in [7, 11) is 1.96.